The standard InChI is InChI=1S/C23H19N5O5/c1-13-18(19(28-33-13)14-7-5-4-6-8-14)21(29)26-17-10-9-16(27-22(17)31-2)15-11-24-20(25-12-15)23(30)32-3/h4-12H,1-3H3,(H,26,29). The van der Waals surface area contributed by atoms with Crippen LogP contribution in [0.15, 0.2) is 59.4 Å². The second-order valence-electron chi connectivity index (χ2n) is 6.82. The molecule has 0 unspecified atom stereocenters. The van der Waals surface area contributed by atoms with Gasteiger partial charge in [-0.1, -0.05) is 35.5 Å². The van der Waals surface area contributed by atoms with E-state index in [0.29, 0.717) is 34.0 Å². The van der Waals surface area contributed by atoms with Crippen molar-refractivity contribution in [2.45, 2.75) is 6.92 Å². The van der Waals surface area contributed by atoms with Gasteiger partial charge in [0.2, 0.25) is 11.7 Å². The minimum atomic E-state index is -0.635. The van der Waals surface area contributed by atoms with E-state index in [1.807, 2.05) is 30.3 Å². The Morgan fingerprint density at radius 2 is 1.70 bits per heavy atom. The third-order valence-corrected chi connectivity index (χ3v) is 4.75. The number of aryl methyl sites for hydroxylation is 1. The van der Waals surface area contributed by atoms with Gasteiger partial charge in [-0.05, 0) is 19.1 Å². The normalized spacial score (nSPS) is 10.5. The zero-order valence-electron chi connectivity index (χ0n) is 18.0. The van der Waals surface area contributed by atoms with Crippen molar-refractivity contribution in [1.29, 1.82) is 0 Å². The first-order valence-electron chi connectivity index (χ1n) is 9.80. The molecule has 0 saturated heterocycles. The molecule has 33 heavy (non-hydrogen) atoms. The molecule has 10 heteroatoms. The van der Waals surface area contributed by atoms with Crippen LogP contribution in [0, 0.1) is 6.92 Å². The van der Waals surface area contributed by atoms with Crippen molar-refractivity contribution >= 4 is 17.6 Å². The fourth-order valence-corrected chi connectivity index (χ4v) is 3.13. The fraction of sp³-hybridized carbons (Fsp3) is 0.130. The number of hydrogen-bond acceptors (Lipinski definition) is 9. The number of nitrogens with one attached hydrogen (secondary N) is 1. The first kappa shape index (κ1) is 21.6. The number of aromatic nitrogens is 4. The summed E-state index contributed by atoms with van der Waals surface area (Å²) in [6.07, 6.45) is 2.90. The molecule has 166 valence electrons. The summed E-state index contributed by atoms with van der Waals surface area (Å²) in [5.41, 5.74) is 2.93. The van der Waals surface area contributed by atoms with E-state index in [9.17, 15) is 9.59 Å². The molecule has 3 heterocycles. The molecule has 0 aliphatic rings. The molecule has 0 atom stereocenters. The van der Waals surface area contributed by atoms with Crippen molar-refractivity contribution in [3.05, 3.63) is 72.0 Å². The van der Waals surface area contributed by atoms with Crippen LogP contribution in [0.2, 0.25) is 0 Å². The summed E-state index contributed by atoms with van der Waals surface area (Å²) in [5, 5.41) is 6.85. The molecule has 10 nitrogen and oxygen atoms in total. The number of hydrogen-bond donors (Lipinski definition) is 1. The lowest BCUT2D eigenvalue weighted by atomic mass is 10.1. The van der Waals surface area contributed by atoms with Crippen molar-refractivity contribution in [2.75, 3.05) is 19.5 Å². The van der Waals surface area contributed by atoms with E-state index >= 15 is 0 Å². The number of amides is 1. The van der Waals surface area contributed by atoms with Gasteiger partial charge in [-0.15, -0.1) is 0 Å². The van der Waals surface area contributed by atoms with E-state index < -0.39 is 11.9 Å². The van der Waals surface area contributed by atoms with Crippen LogP contribution in [0.25, 0.3) is 22.5 Å². The molecule has 1 N–H and O–H groups in total. The van der Waals surface area contributed by atoms with Crippen molar-refractivity contribution < 1.29 is 23.6 Å². The second-order valence-corrected chi connectivity index (χ2v) is 6.82. The lowest BCUT2D eigenvalue weighted by Gasteiger charge is -2.11. The largest absolute Gasteiger partial charge is 0.479 e. The highest BCUT2D eigenvalue weighted by Gasteiger charge is 2.23. The maximum Gasteiger partial charge on any atom is 0.376 e. The Morgan fingerprint density at radius 3 is 2.36 bits per heavy atom. The van der Waals surface area contributed by atoms with E-state index in [0.717, 1.165) is 5.56 Å². The Hall–Kier alpha value is -4.60. The highest BCUT2D eigenvalue weighted by atomic mass is 16.5. The number of rotatable bonds is 6. The van der Waals surface area contributed by atoms with Gasteiger partial charge in [0.1, 0.15) is 22.7 Å². The average Bonchev–Trinajstić information content (AvgIpc) is 3.25. The van der Waals surface area contributed by atoms with Gasteiger partial charge in [-0.2, -0.15) is 0 Å². The zero-order valence-corrected chi connectivity index (χ0v) is 18.0. The Bertz CT molecular complexity index is 1300. The molecule has 0 spiro atoms. The van der Waals surface area contributed by atoms with Crippen LogP contribution in [-0.2, 0) is 4.74 Å². The predicted octanol–water partition coefficient (Wildman–Crippen LogP) is 3.55. The van der Waals surface area contributed by atoms with E-state index in [4.69, 9.17) is 9.26 Å². The van der Waals surface area contributed by atoms with Crippen molar-refractivity contribution in [3.8, 4) is 28.4 Å². The van der Waals surface area contributed by atoms with Gasteiger partial charge in [0.25, 0.3) is 5.91 Å². The highest BCUT2D eigenvalue weighted by Crippen LogP contribution is 2.29. The maximum atomic E-state index is 13.1. The summed E-state index contributed by atoms with van der Waals surface area (Å²) in [6.45, 7) is 1.67. The Balaban J connectivity index is 1.61. The molecule has 3 aromatic heterocycles. The number of pyridine rings is 1. The monoisotopic (exact) mass is 445 g/mol. The summed E-state index contributed by atoms with van der Waals surface area (Å²) in [5.74, 6) is -0.531. The van der Waals surface area contributed by atoms with Crippen molar-refractivity contribution in [3.63, 3.8) is 0 Å². The van der Waals surface area contributed by atoms with Crippen LogP contribution in [0.4, 0.5) is 5.69 Å². The maximum absolute atomic E-state index is 13.1. The third-order valence-electron chi connectivity index (χ3n) is 4.75. The van der Waals surface area contributed by atoms with Crippen LogP contribution in [0.1, 0.15) is 26.7 Å². The van der Waals surface area contributed by atoms with Gasteiger partial charge in [-0.25, -0.2) is 19.7 Å². The van der Waals surface area contributed by atoms with Crippen LogP contribution < -0.4 is 10.1 Å². The molecule has 0 bridgehead atoms. The van der Waals surface area contributed by atoms with Gasteiger partial charge in [0.05, 0.1) is 19.9 Å². The van der Waals surface area contributed by atoms with Gasteiger partial charge in [0, 0.05) is 23.5 Å². The summed E-state index contributed by atoms with van der Waals surface area (Å²) in [6, 6.07) is 12.6. The van der Waals surface area contributed by atoms with E-state index in [2.05, 4.69) is 30.2 Å². The molecule has 1 amide bonds. The fourth-order valence-electron chi connectivity index (χ4n) is 3.13. The predicted molar refractivity (Wildman–Crippen MR) is 118 cm³/mol. The molecule has 1 aromatic carbocycles. The van der Waals surface area contributed by atoms with Gasteiger partial charge >= 0.3 is 5.97 Å². The quantitative estimate of drug-likeness (QED) is 0.443. The minimum Gasteiger partial charge on any atom is -0.479 e. The minimum absolute atomic E-state index is 0.0598. The molecule has 4 aromatic rings. The summed E-state index contributed by atoms with van der Waals surface area (Å²) in [7, 11) is 2.70. The smallest absolute Gasteiger partial charge is 0.376 e. The summed E-state index contributed by atoms with van der Waals surface area (Å²) in [4.78, 5) is 37.0. The third kappa shape index (κ3) is 4.40. The molecule has 4 rings (SSSR count). The lowest BCUT2D eigenvalue weighted by Crippen LogP contribution is -2.14. The molecule has 0 aliphatic carbocycles. The second kappa shape index (κ2) is 9.27. The van der Waals surface area contributed by atoms with Crippen molar-refractivity contribution in [2.24, 2.45) is 0 Å². The molecular weight excluding hydrogens is 426 g/mol. The molecule has 0 radical (unpaired) electrons. The van der Waals surface area contributed by atoms with Crippen LogP contribution in [-0.4, -0.2) is 46.2 Å². The number of nitrogens with zero attached hydrogens (tertiary/aromatic N) is 4. The number of ether oxygens (including phenoxy) is 2. The van der Waals surface area contributed by atoms with Crippen LogP contribution in [0.3, 0.4) is 0 Å². The van der Waals surface area contributed by atoms with E-state index in [-0.39, 0.29) is 11.7 Å². The highest BCUT2D eigenvalue weighted by molar-refractivity contribution is 6.09. The van der Waals surface area contributed by atoms with E-state index in [1.54, 1.807) is 19.1 Å². The van der Waals surface area contributed by atoms with E-state index in [1.165, 1.54) is 26.6 Å². The molecule has 0 aliphatic heterocycles. The number of methoxy groups -OCH3 is 2. The van der Waals surface area contributed by atoms with Gasteiger partial charge in [0.15, 0.2) is 0 Å². The number of carbonyl (C=O) groups is 2. The summed E-state index contributed by atoms with van der Waals surface area (Å²) >= 11 is 0. The SMILES string of the molecule is COC(=O)c1ncc(-c2ccc(NC(=O)c3c(-c4ccccc4)noc3C)c(OC)n2)cn1. The molecule has 0 fully saturated rings. The van der Waals surface area contributed by atoms with Gasteiger partial charge in [-0.3, -0.25) is 4.79 Å². The topological polar surface area (TPSA) is 129 Å². The number of carbonyl (C=O) groups excluding carboxylic acids is 2. The van der Waals surface area contributed by atoms with Crippen LogP contribution >= 0.6 is 0 Å². The average molecular weight is 445 g/mol. The van der Waals surface area contributed by atoms with Crippen LogP contribution in [0.5, 0.6) is 5.88 Å². The molecular formula is C23H19N5O5. The Kier molecular flexibility index (Phi) is 6.07. The van der Waals surface area contributed by atoms with Gasteiger partial charge < -0.3 is 19.3 Å². The first-order chi connectivity index (χ1) is 16.0. The Morgan fingerprint density at radius 1 is 0.970 bits per heavy atom. The van der Waals surface area contributed by atoms with Crippen molar-refractivity contribution in [1.82, 2.24) is 20.1 Å². The number of benzene rings is 1. The number of esters is 1. The first-order valence-corrected chi connectivity index (χ1v) is 9.80. The lowest BCUT2D eigenvalue weighted by molar-refractivity contribution is 0.0586. The Labute approximate surface area is 188 Å². The zero-order chi connectivity index (χ0) is 23.4. The number of anilines is 1. The molecule has 0 saturated carbocycles. The summed E-state index contributed by atoms with van der Waals surface area (Å²) < 4.78 is 15.2.